The molecular weight excluding hydrogens is 817 g/mol. The van der Waals surface area contributed by atoms with Crippen molar-refractivity contribution >= 4 is 45.8 Å². The van der Waals surface area contributed by atoms with Crippen molar-refractivity contribution < 1.29 is 40.2 Å². The fraction of sp³-hybridized carbons (Fsp3) is 0.500. The number of hydrogen-bond donors (Lipinski definition) is 6. The van der Waals surface area contributed by atoms with Gasteiger partial charge in [-0.3, -0.25) is 4.79 Å². The van der Waals surface area contributed by atoms with Crippen molar-refractivity contribution in [1.29, 1.82) is 0 Å². The number of aliphatic carboxylic acids is 1. The third-order valence-corrected chi connectivity index (χ3v) is 14.7. The van der Waals surface area contributed by atoms with Gasteiger partial charge in [0.25, 0.3) is 0 Å². The molecule has 336 valence electrons. The number of carbonyl (C=O) groups is 2. The first-order valence-electron chi connectivity index (χ1n) is 22.9. The Morgan fingerprint density at radius 1 is 0.661 bits per heavy atom. The summed E-state index contributed by atoms with van der Waals surface area (Å²) in [7, 11) is 0. The second-order valence-corrected chi connectivity index (χ2v) is 19.2. The number of unbranched alkanes of at least 4 members (excludes halogenated alkanes) is 4. The Kier molecular flexibility index (Phi) is 20.1. The van der Waals surface area contributed by atoms with Gasteiger partial charge in [0.05, 0.1) is 31.8 Å². The molecule has 0 amide bonds. The number of hydrogen-bond acceptors (Lipinski definition) is 8. The zero-order valence-corrected chi connectivity index (χ0v) is 38.3. The zero-order chi connectivity index (χ0) is 44.4. The molecule has 2 aliphatic carbocycles. The number of carboxylic acid groups (broad SMARTS) is 2. The highest BCUT2D eigenvalue weighted by molar-refractivity contribution is 7.12. The summed E-state index contributed by atoms with van der Waals surface area (Å²) in [6, 6.07) is 22.2. The largest absolute Gasteiger partial charge is 0.481 e. The number of allylic oxidation sites excluding steroid dienone is 2. The first kappa shape index (κ1) is 49.1. The fourth-order valence-electron chi connectivity index (χ4n) is 9.18. The Morgan fingerprint density at radius 2 is 1.18 bits per heavy atom. The number of aliphatic hydroxyl groups excluding tert-OH is 4. The van der Waals surface area contributed by atoms with Crippen molar-refractivity contribution in [3.63, 3.8) is 0 Å². The van der Waals surface area contributed by atoms with E-state index in [0.29, 0.717) is 16.7 Å². The first-order chi connectivity index (χ1) is 30.0. The van der Waals surface area contributed by atoms with E-state index in [1.807, 2.05) is 41.8 Å². The summed E-state index contributed by atoms with van der Waals surface area (Å²) in [6.07, 6.45) is 16.3. The Morgan fingerprint density at radius 3 is 1.65 bits per heavy atom. The average molecular weight is 885 g/mol. The molecule has 2 unspecified atom stereocenters. The Hall–Kier alpha value is -3.90. The number of rotatable bonds is 24. The minimum atomic E-state index is -0.858. The maximum Gasteiger partial charge on any atom is 0.345 e. The van der Waals surface area contributed by atoms with Crippen molar-refractivity contribution in [2.75, 3.05) is 13.2 Å². The van der Waals surface area contributed by atoms with E-state index >= 15 is 0 Å². The van der Waals surface area contributed by atoms with Crippen LogP contribution in [0.2, 0.25) is 0 Å². The molecule has 0 aliphatic heterocycles. The molecule has 0 fully saturated rings. The van der Waals surface area contributed by atoms with Crippen LogP contribution in [0, 0.1) is 11.8 Å². The predicted molar refractivity (Wildman–Crippen MR) is 253 cm³/mol. The lowest BCUT2D eigenvalue weighted by Crippen LogP contribution is -2.03. The van der Waals surface area contributed by atoms with Crippen molar-refractivity contribution in [3.8, 4) is 0 Å². The molecule has 6 N–H and O–H groups in total. The Labute approximate surface area is 376 Å². The van der Waals surface area contributed by atoms with Gasteiger partial charge in [-0.05, 0) is 156 Å². The first-order valence-corrected chi connectivity index (χ1v) is 24.6. The SMILES string of the molecule is CCCCCC(O)c1ccc(C2=C(CO)CC[C@@H]2CCCc2csc(C(=O)O)c2)cc1.CCCCCC(O)c1ccc(C2=C(CO)CC[C@@H]2CCc2ccc(CC(=O)O)s2)cc1. The quantitative estimate of drug-likeness (QED) is 0.0380. The zero-order valence-electron chi connectivity index (χ0n) is 36.7. The average Bonchev–Trinajstić information content (AvgIpc) is 4.10. The fourth-order valence-corrected chi connectivity index (χ4v) is 11.0. The van der Waals surface area contributed by atoms with Crippen molar-refractivity contribution in [3.05, 3.63) is 126 Å². The number of carboxylic acids is 2. The van der Waals surface area contributed by atoms with Crippen LogP contribution in [0.3, 0.4) is 0 Å². The summed E-state index contributed by atoms with van der Waals surface area (Å²) in [4.78, 5) is 24.5. The van der Waals surface area contributed by atoms with Gasteiger partial charge in [0.1, 0.15) is 4.88 Å². The van der Waals surface area contributed by atoms with Crippen molar-refractivity contribution in [2.45, 2.75) is 142 Å². The third-order valence-electron chi connectivity index (χ3n) is 12.6. The van der Waals surface area contributed by atoms with Crippen LogP contribution in [0.15, 0.2) is 83.3 Å². The van der Waals surface area contributed by atoms with Crippen LogP contribution in [0.4, 0.5) is 0 Å². The third kappa shape index (κ3) is 14.3. The summed E-state index contributed by atoms with van der Waals surface area (Å²) in [5, 5.41) is 60.6. The van der Waals surface area contributed by atoms with Crippen LogP contribution in [0.25, 0.3) is 11.1 Å². The predicted octanol–water partition coefficient (Wildman–Crippen LogP) is 12.0. The number of aromatic carboxylic acids is 1. The minimum absolute atomic E-state index is 0.0879. The van der Waals surface area contributed by atoms with E-state index in [9.17, 15) is 30.0 Å². The summed E-state index contributed by atoms with van der Waals surface area (Å²) in [6.45, 7) is 4.52. The van der Waals surface area contributed by atoms with Crippen molar-refractivity contribution in [1.82, 2.24) is 0 Å². The molecule has 2 aliphatic rings. The van der Waals surface area contributed by atoms with Gasteiger partial charge in [0, 0.05) is 9.75 Å². The van der Waals surface area contributed by atoms with E-state index in [1.54, 1.807) is 17.4 Å². The monoisotopic (exact) mass is 884 g/mol. The molecule has 0 radical (unpaired) electrons. The number of benzene rings is 2. The molecule has 0 saturated carbocycles. The molecule has 2 aromatic heterocycles. The minimum Gasteiger partial charge on any atom is -0.481 e. The van der Waals surface area contributed by atoms with Crippen LogP contribution in [-0.4, -0.2) is 55.8 Å². The van der Waals surface area contributed by atoms with E-state index in [4.69, 9.17) is 10.2 Å². The maximum absolute atomic E-state index is 11.1. The summed E-state index contributed by atoms with van der Waals surface area (Å²) >= 11 is 2.88. The molecule has 6 rings (SSSR count). The van der Waals surface area contributed by atoms with Crippen LogP contribution >= 0.6 is 22.7 Å². The molecule has 0 saturated heterocycles. The highest BCUT2D eigenvalue weighted by Gasteiger charge is 2.28. The highest BCUT2D eigenvalue weighted by atomic mass is 32.1. The molecule has 2 heterocycles. The molecule has 0 spiro atoms. The molecule has 10 heteroatoms. The lowest BCUT2D eigenvalue weighted by Gasteiger charge is -2.18. The smallest absolute Gasteiger partial charge is 0.345 e. The van der Waals surface area contributed by atoms with Crippen LogP contribution in [0.1, 0.15) is 170 Å². The Bertz CT molecular complexity index is 2060. The van der Waals surface area contributed by atoms with E-state index in [2.05, 4.69) is 38.1 Å². The second kappa shape index (κ2) is 25.4. The molecular formula is C52H68O8S2. The van der Waals surface area contributed by atoms with Crippen LogP contribution in [0.5, 0.6) is 0 Å². The van der Waals surface area contributed by atoms with Gasteiger partial charge in [-0.25, -0.2) is 4.79 Å². The number of aryl methyl sites for hydroxylation is 2. The topological polar surface area (TPSA) is 156 Å². The number of thiophene rings is 2. The van der Waals surface area contributed by atoms with Gasteiger partial charge >= 0.3 is 11.9 Å². The second-order valence-electron chi connectivity index (χ2n) is 17.1. The van der Waals surface area contributed by atoms with E-state index in [1.165, 1.54) is 27.4 Å². The van der Waals surface area contributed by atoms with Crippen LogP contribution in [-0.2, 0) is 24.1 Å². The van der Waals surface area contributed by atoms with Gasteiger partial charge in [0.2, 0.25) is 0 Å². The molecule has 8 nitrogen and oxygen atoms in total. The van der Waals surface area contributed by atoms with Gasteiger partial charge in [-0.2, -0.15) is 0 Å². The van der Waals surface area contributed by atoms with Crippen LogP contribution < -0.4 is 0 Å². The lowest BCUT2D eigenvalue weighted by molar-refractivity contribution is -0.136. The molecule has 2 aromatic carbocycles. The molecule has 62 heavy (non-hydrogen) atoms. The molecule has 0 bridgehead atoms. The normalized spacial score (nSPS) is 17.3. The standard InChI is InChI=1S/2C26H34O4S/c1-2-3-4-8-23(28)19-9-11-21(12-10-19)25-20(13-14-22(25)16-27)7-5-6-18-15-24(26(29)30)31-17-18;1-2-3-4-5-24(28)18-6-8-19(9-7-18)26-20(10-11-21(26)17-27)12-13-22-14-15-23(31-22)16-25(29)30/h9-12,15,17,20,23,27-28H,2-8,13-14,16H2,1H3,(H,29,30);6-9,14-15,20,24,27-28H,2-5,10-13,16-17H2,1H3,(H,29,30)/t20-,23?;20-,24?/m01/s1. The molecule has 4 aromatic rings. The van der Waals surface area contributed by atoms with Gasteiger partial charge in [0.15, 0.2) is 0 Å². The maximum atomic E-state index is 11.1. The van der Waals surface area contributed by atoms with Gasteiger partial charge in [-0.1, -0.05) is 101 Å². The van der Waals surface area contributed by atoms with E-state index in [-0.39, 0.29) is 19.6 Å². The van der Waals surface area contributed by atoms with Gasteiger partial charge in [-0.15, -0.1) is 22.7 Å². The highest BCUT2D eigenvalue weighted by Crippen LogP contribution is 2.43. The summed E-state index contributed by atoms with van der Waals surface area (Å²) in [5.41, 5.74) is 10.1. The summed E-state index contributed by atoms with van der Waals surface area (Å²) < 4.78 is 0. The lowest BCUT2D eigenvalue weighted by atomic mass is 9.88. The van der Waals surface area contributed by atoms with E-state index < -0.39 is 24.1 Å². The van der Waals surface area contributed by atoms with Crippen molar-refractivity contribution in [2.24, 2.45) is 11.8 Å². The summed E-state index contributed by atoms with van der Waals surface area (Å²) in [5.74, 6) is -0.836. The molecule has 4 atom stereocenters. The number of aliphatic hydroxyl groups is 4. The Balaban J connectivity index is 0.000000234. The van der Waals surface area contributed by atoms with E-state index in [0.717, 1.165) is 153 Å². The van der Waals surface area contributed by atoms with Gasteiger partial charge < -0.3 is 30.6 Å².